The molecule has 11 nitrogen and oxygen atoms in total. The molecule has 0 aliphatic heterocycles. The molecule has 4 aromatic carbocycles. The molecule has 0 radical (unpaired) electrons. The zero-order valence-corrected chi connectivity index (χ0v) is 31.7. The molecule has 0 unspecified atom stereocenters. The standard InChI is InChI=1S/C41H46N4O7Si/c1-41(2,3)53(4,5)52-36(30-16-18-34(46)38-31(30)17-20-37(47)44-38)25-42-24-27-14-19-35-33(23-27)45(40(50)51-35)21-9-10-26-13-15-29(28-11-7-6-8-12-28)32(22-26)43-39(48)49/h6-8,11-20,22-23,36,42-43,46H,9-10,21,24-25H2,1-5H3,(H,44,47)(H,48,49)/t36-/m0/s1. The first kappa shape index (κ1) is 37.3. The first-order valence-electron chi connectivity index (χ1n) is 17.7. The van der Waals surface area contributed by atoms with Gasteiger partial charge >= 0.3 is 11.8 Å². The Morgan fingerprint density at radius 3 is 2.45 bits per heavy atom. The number of aryl methyl sites for hydroxylation is 2. The Hall–Kier alpha value is -5.43. The van der Waals surface area contributed by atoms with Crippen LogP contribution in [0.15, 0.2) is 105 Å². The van der Waals surface area contributed by atoms with Crippen LogP contribution in [0.5, 0.6) is 5.75 Å². The fraction of sp³-hybridized carbons (Fsp3) is 0.293. The number of amides is 1. The Labute approximate surface area is 308 Å². The number of oxazole rings is 1. The SMILES string of the molecule is CC(C)(C)[Si](C)(C)O[C@@H](CNCc1ccc2oc(=O)n(CCCc3ccc(-c4ccccc4)c(NC(=O)O)c3)c2c1)c1ccc(O)c2[nH]c(=O)ccc12. The van der Waals surface area contributed by atoms with Gasteiger partial charge in [-0.15, -0.1) is 0 Å². The van der Waals surface area contributed by atoms with E-state index in [1.54, 1.807) is 16.7 Å². The minimum atomic E-state index is -2.25. The topological polar surface area (TPSA) is 159 Å². The van der Waals surface area contributed by atoms with Gasteiger partial charge in [-0.05, 0) is 83.6 Å². The third kappa shape index (κ3) is 8.46. The van der Waals surface area contributed by atoms with Gasteiger partial charge in [0.25, 0.3) is 0 Å². The summed E-state index contributed by atoms with van der Waals surface area (Å²) in [5, 5.41) is 26.7. The fourth-order valence-electron chi connectivity index (χ4n) is 6.34. The Morgan fingerprint density at radius 2 is 1.72 bits per heavy atom. The first-order valence-corrected chi connectivity index (χ1v) is 20.6. The number of anilines is 1. The van der Waals surface area contributed by atoms with Crippen LogP contribution in [0.25, 0.3) is 33.1 Å². The van der Waals surface area contributed by atoms with E-state index >= 15 is 0 Å². The van der Waals surface area contributed by atoms with E-state index in [4.69, 9.17) is 8.84 Å². The van der Waals surface area contributed by atoms with Crippen molar-refractivity contribution in [2.75, 3.05) is 11.9 Å². The second-order valence-electron chi connectivity index (χ2n) is 14.9. The number of aromatic amines is 1. The van der Waals surface area contributed by atoms with Gasteiger partial charge in [0.15, 0.2) is 13.9 Å². The molecule has 6 aromatic rings. The van der Waals surface area contributed by atoms with Crippen molar-refractivity contribution in [3.8, 4) is 16.9 Å². The lowest BCUT2D eigenvalue weighted by Crippen LogP contribution is -2.43. The van der Waals surface area contributed by atoms with Gasteiger partial charge in [-0.1, -0.05) is 75.4 Å². The normalized spacial score (nSPS) is 12.7. The molecule has 0 saturated heterocycles. The number of aromatic nitrogens is 2. The summed E-state index contributed by atoms with van der Waals surface area (Å²) in [5.74, 6) is -0.432. The largest absolute Gasteiger partial charge is 0.506 e. The zero-order chi connectivity index (χ0) is 37.9. The average Bonchev–Trinajstić information content (AvgIpc) is 3.41. The molecule has 5 N–H and O–H groups in total. The summed E-state index contributed by atoms with van der Waals surface area (Å²) < 4.78 is 14.2. The van der Waals surface area contributed by atoms with E-state index in [1.165, 1.54) is 6.07 Å². The van der Waals surface area contributed by atoms with E-state index in [9.17, 15) is 24.6 Å². The number of phenols is 1. The average molecular weight is 735 g/mol. The Balaban J connectivity index is 1.18. The van der Waals surface area contributed by atoms with Crippen LogP contribution >= 0.6 is 0 Å². The van der Waals surface area contributed by atoms with Gasteiger partial charge in [-0.3, -0.25) is 14.7 Å². The maximum atomic E-state index is 12.9. The van der Waals surface area contributed by atoms with Crippen LogP contribution in [-0.2, 0) is 23.9 Å². The molecule has 53 heavy (non-hydrogen) atoms. The van der Waals surface area contributed by atoms with Gasteiger partial charge in [0.2, 0.25) is 5.56 Å². The Bertz CT molecular complexity index is 2370. The van der Waals surface area contributed by atoms with Crippen molar-refractivity contribution in [3.05, 3.63) is 129 Å². The number of hydrogen-bond acceptors (Lipinski definition) is 7. The number of hydrogen-bond donors (Lipinski definition) is 5. The molecule has 0 aliphatic carbocycles. The lowest BCUT2D eigenvalue weighted by Gasteiger charge is -2.39. The van der Waals surface area contributed by atoms with E-state index in [2.05, 4.69) is 49.5 Å². The predicted molar refractivity (Wildman–Crippen MR) is 211 cm³/mol. The van der Waals surface area contributed by atoms with Gasteiger partial charge < -0.3 is 29.4 Å². The molecule has 12 heteroatoms. The smallest absolute Gasteiger partial charge is 0.419 e. The summed E-state index contributed by atoms with van der Waals surface area (Å²) in [6, 6.07) is 27.7. The third-order valence-corrected chi connectivity index (χ3v) is 14.6. The minimum Gasteiger partial charge on any atom is -0.506 e. The summed E-state index contributed by atoms with van der Waals surface area (Å²) in [5.41, 5.74) is 6.27. The maximum Gasteiger partial charge on any atom is 0.419 e. The zero-order valence-electron chi connectivity index (χ0n) is 30.7. The van der Waals surface area contributed by atoms with Gasteiger partial charge in [0.1, 0.15) is 5.75 Å². The molecule has 6 rings (SSSR count). The van der Waals surface area contributed by atoms with Crippen molar-refractivity contribution < 1.29 is 23.9 Å². The molecule has 0 spiro atoms. The highest BCUT2D eigenvalue weighted by Gasteiger charge is 2.39. The van der Waals surface area contributed by atoms with E-state index in [1.807, 2.05) is 72.8 Å². The molecular formula is C41H46N4O7Si. The Kier molecular flexibility index (Phi) is 10.8. The number of H-pyrrole nitrogens is 1. The highest BCUT2D eigenvalue weighted by Crippen LogP contribution is 2.41. The Morgan fingerprint density at radius 1 is 0.962 bits per heavy atom. The van der Waals surface area contributed by atoms with Crippen LogP contribution in [0.3, 0.4) is 0 Å². The summed E-state index contributed by atoms with van der Waals surface area (Å²) in [6.45, 7) is 12.3. The molecule has 0 fully saturated rings. The van der Waals surface area contributed by atoms with E-state index in [0.29, 0.717) is 54.8 Å². The van der Waals surface area contributed by atoms with Crippen LogP contribution in [-0.4, -0.2) is 40.7 Å². The number of benzene rings is 4. The van der Waals surface area contributed by atoms with Crippen molar-refractivity contribution in [1.82, 2.24) is 14.9 Å². The summed E-state index contributed by atoms with van der Waals surface area (Å²) in [7, 11) is -2.25. The monoisotopic (exact) mass is 734 g/mol. The van der Waals surface area contributed by atoms with Crippen molar-refractivity contribution in [1.29, 1.82) is 0 Å². The highest BCUT2D eigenvalue weighted by molar-refractivity contribution is 6.74. The van der Waals surface area contributed by atoms with E-state index in [-0.39, 0.29) is 22.5 Å². The number of nitrogens with zero attached hydrogens (tertiary/aromatic N) is 1. The number of carboxylic acid groups (broad SMARTS) is 1. The quantitative estimate of drug-likeness (QED) is 0.0741. The molecule has 276 valence electrons. The molecule has 2 aromatic heterocycles. The number of nitrogens with one attached hydrogen (secondary N) is 3. The molecule has 0 bridgehead atoms. The lowest BCUT2D eigenvalue weighted by atomic mass is 9.99. The number of aromatic hydroxyl groups is 1. The van der Waals surface area contributed by atoms with Gasteiger partial charge in [0.05, 0.1) is 22.8 Å². The maximum absolute atomic E-state index is 12.9. The van der Waals surface area contributed by atoms with Crippen molar-refractivity contribution in [2.24, 2.45) is 0 Å². The third-order valence-electron chi connectivity index (χ3n) is 10.1. The second-order valence-corrected chi connectivity index (χ2v) is 19.6. The lowest BCUT2D eigenvalue weighted by molar-refractivity contribution is 0.181. The van der Waals surface area contributed by atoms with Crippen LogP contribution in [0.1, 0.15) is 50.0 Å². The molecule has 2 heterocycles. The summed E-state index contributed by atoms with van der Waals surface area (Å²) >= 11 is 0. The van der Waals surface area contributed by atoms with Crippen LogP contribution in [0.2, 0.25) is 18.1 Å². The molecule has 1 atom stereocenters. The predicted octanol–water partition coefficient (Wildman–Crippen LogP) is 8.38. The van der Waals surface area contributed by atoms with Crippen LogP contribution in [0.4, 0.5) is 10.5 Å². The first-order chi connectivity index (χ1) is 25.2. The van der Waals surface area contributed by atoms with E-state index in [0.717, 1.165) is 33.2 Å². The number of phenolic OH excluding ortho intramolecular Hbond substituents is 1. The molecular weight excluding hydrogens is 689 g/mol. The molecule has 0 aliphatic rings. The number of carbonyl (C=O) groups is 1. The summed E-state index contributed by atoms with van der Waals surface area (Å²) in [6.07, 6.45) is -0.245. The van der Waals surface area contributed by atoms with Gasteiger partial charge in [-0.2, -0.15) is 0 Å². The fourth-order valence-corrected chi connectivity index (χ4v) is 7.62. The van der Waals surface area contributed by atoms with Crippen molar-refractivity contribution in [2.45, 2.75) is 70.9 Å². The minimum absolute atomic E-state index is 0.000793. The number of pyridine rings is 1. The van der Waals surface area contributed by atoms with Crippen molar-refractivity contribution in [3.63, 3.8) is 0 Å². The van der Waals surface area contributed by atoms with Crippen molar-refractivity contribution >= 4 is 42.1 Å². The molecule has 0 saturated carbocycles. The van der Waals surface area contributed by atoms with Gasteiger partial charge in [-0.25, -0.2) is 9.59 Å². The number of fused-ring (bicyclic) bond motifs is 2. The highest BCUT2D eigenvalue weighted by atomic mass is 28.4. The van der Waals surface area contributed by atoms with E-state index < -0.39 is 20.2 Å². The summed E-state index contributed by atoms with van der Waals surface area (Å²) in [4.78, 5) is 39.4. The molecule has 1 amide bonds. The van der Waals surface area contributed by atoms with Crippen LogP contribution < -0.4 is 21.9 Å². The number of rotatable bonds is 13. The van der Waals surface area contributed by atoms with Crippen LogP contribution in [0, 0.1) is 0 Å². The second kappa shape index (κ2) is 15.3. The van der Waals surface area contributed by atoms with Gasteiger partial charge in [0, 0.05) is 36.7 Å².